The van der Waals surface area contributed by atoms with Crippen molar-refractivity contribution in [2.75, 3.05) is 6.54 Å². The van der Waals surface area contributed by atoms with Gasteiger partial charge in [-0.05, 0) is 30.2 Å². The van der Waals surface area contributed by atoms with E-state index in [9.17, 15) is 15.0 Å². The second-order valence-electron chi connectivity index (χ2n) is 6.91. The minimum atomic E-state index is -0.187. The Morgan fingerprint density at radius 1 is 0.885 bits per heavy atom. The molecule has 0 radical (unpaired) electrons. The van der Waals surface area contributed by atoms with Gasteiger partial charge < -0.3 is 15.5 Å². The fourth-order valence-electron chi connectivity index (χ4n) is 2.88. The van der Waals surface area contributed by atoms with Gasteiger partial charge in [-0.25, -0.2) is 0 Å². The molecule has 0 bridgehead atoms. The normalized spacial score (nSPS) is 11.1. The molecule has 0 aromatic heterocycles. The zero-order chi connectivity index (χ0) is 19.0. The number of amides is 1. The van der Waals surface area contributed by atoms with Gasteiger partial charge in [0.2, 0.25) is 5.91 Å². The van der Waals surface area contributed by atoms with Crippen molar-refractivity contribution in [1.29, 1.82) is 0 Å². The van der Waals surface area contributed by atoms with E-state index < -0.39 is 0 Å². The van der Waals surface area contributed by atoms with Crippen LogP contribution in [0.4, 0.5) is 0 Å². The van der Waals surface area contributed by atoms with E-state index in [-0.39, 0.29) is 17.4 Å². The van der Waals surface area contributed by atoms with Crippen LogP contribution in [0.3, 0.4) is 0 Å². The van der Waals surface area contributed by atoms with Crippen LogP contribution in [0.2, 0.25) is 0 Å². The number of phenolic OH excluding ortho intramolecular Hbond substituents is 2. The van der Waals surface area contributed by atoms with Crippen LogP contribution in [0.25, 0.3) is 6.08 Å². The van der Waals surface area contributed by atoms with Crippen molar-refractivity contribution in [3.8, 4) is 11.5 Å². The average molecular weight is 362 g/mol. The lowest BCUT2D eigenvalue weighted by Gasteiger charge is -2.04. The molecule has 146 valence electrons. The van der Waals surface area contributed by atoms with E-state index in [1.807, 2.05) is 0 Å². The molecule has 0 aliphatic heterocycles. The van der Waals surface area contributed by atoms with Gasteiger partial charge in [0.1, 0.15) is 0 Å². The summed E-state index contributed by atoms with van der Waals surface area (Å²) in [4.78, 5) is 11.7. The lowest BCUT2D eigenvalue weighted by molar-refractivity contribution is -0.116. The number of carbonyl (C=O) groups excluding carboxylic acids is 1. The SMILES string of the molecule is CCCCCCCCCCCCCNC(=O)/C=C/c1ccc(O)c(O)c1. The van der Waals surface area contributed by atoms with Crippen LogP contribution in [0.15, 0.2) is 24.3 Å². The van der Waals surface area contributed by atoms with E-state index in [2.05, 4.69) is 12.2 Å². The molecule has 0 aliphatic rings. The van der Waals surface area contributed by atoms with Gasteiger partial charge in [0.25, 0.3) is 0 Å². The van der Waals surface area contributed by atoms with Crippen molar-refractivity contribution in [1.82, 2.24) is 5.32 Å². The maximum Gasteiger partial charge on any atom is 0.243 e. The van der Waals surface area contributed by atoms with Crippen molar-refractivity contribution in [2.45, 2.75) is 77.6 Å². The first-order chi connectivity index (χ1) is 12.6. The first-order valence-corrected chi connectivity index (χ1v) is 10.1. The van der Waals surface area contributed by atoms with E-state index in [4.69, 9.17) is 0 Å². The standard InChI is InChI=1S/C22H35NO3/c1-2-3-4-5-6-7-8-9-10-11-12-17-23-22(26)16-14-19-13-15-20(24)21(25)18-19/h13-16,18,24-25H,2-12,17H2,1H3,(H,23,26)/b16-14+. The average Bonchev–Trinajstić information content (AvgIpc) is 2.63. The molecule has 0 unspecified atom stereocenters. The number of carbonyl (C=O) groups is 1. The molecule has 26 heavy (non-hydrogen) atoms. The van der Waals surface area contributed by atoms with Gasteiger partial charge in [0.15, 0.2) is 11.5 Å². The molecule has 0 aliphatic carbocycles. The summed E-state index contributed by atoms with van der Waals surface area (Å²) in [5.41, 5.74) is 0.671. The highest BCUT2D eigenvalue weighted by Crippen LogP contribution is 2.25. The zero-order valence-corrected chi connectivity index (χ0v) is 16.2. The van der Waals surface area contributed by atoms with Gasteiger partial charge in [-0.15, -0.1) is 0 Å². The summed E-state index contributed by atoms with van der Waals surface area (Å²) in [5.74, 6) is -0.485. The van der Waals surface area contributed by atoms with Crippen LogP contribution in [0, 0.1) is 0 Å². The molecule has 1 aromatic rings. The second-order valence-corrected chi connectivity index (χ2v) is 6.91. The highest BCUT2D eigenvalue weighted by atomic mass is 16.3. The van der Waals surface area contributed by atoms with E-state index >= 15 is 0 Å². The summed E-state index contributed by atoms with van der Waals surface area (Å²) < 4.78 is 0. The molecular weight excluding hydrogens is 326 g/mol. The van der Waals surface area contributed by atoms with Crippen LogP contribution in [-0.4, -0.2) is 22.7 Å². The molecule has 1 aromatic carbocycles. The topological polar surface area (TPSA) is 69.6 Å². The summed E-state index contributed by atoms with van der Waals surface area (Å²) in [6.45, 7) is 2.95. The maximum atomic E-state index is 11.7. The molecule has 0 spiro atoms. The van der Waals surface area contributed by atoms with Crippen LogP contribution >= 0.6 is 0 Å². The summed E-state index contributed by atoms with van der Waals surface area (Å²) in [5, 5.41) is 21.5. The molecule has 0 saturated heterocycles. The monoisotopic (exact) mass is 361 g/mol. The Kier molecular flexibility index (Phi) is 12.1. The number of aromatic hydroxyl groups is 2. The summed E-state index contributed by atoms with van der Waals surface area (Å²) in [6.07, 6.45) is 17.3. The van der Waals surface area contributed by atoms with Crippen LogP contribution < -0.4 is 5.32 Å². The summed E-state index contributed by atoms with van der Waals surface area (Å²) >= 11 is 0. The quantitative estimate of drug-likeness (QED) is 0.231. The van der Waals surface area contributed by atoms with Crippen molar-refractivity contribution in [3.63, 3.8) is 0 Å². The van der Waals surface area contributed by atoms with Gasteiger partial charge in [-0.1, -0.05) is 77.2 Å². The van der Waals surface area contributed by atoms with Crippen molar-refractivity contribution in [3.05, 3.63) is 29.8 Å². The number of hydrogen-bond donors (Lipinski definition) is 3. The van der Waals surface area contributed by atoms with E-state index in [0.29, 0.717) is 12.1 Å². The molecule has 3 N–H and O–H groups in total. The molecular formula is C22H35NO3. The molecule has 4 nitrogen and oxygen atoms in total. The molecule has 1 amide bonds. The van der Waals surface area contributed by atoms with Crippen molar-refractivity contribution < 1.29 is 15.0 Å². The predicted molar refractivity (Wildman–Crippen MR) is 108 cm³/mol. The van der Waals surface area contributed by atoms with Crippen molar-refractivity contribution >= 4 is 12.0 Å². The Bertz CT molecular complexity index is 540. The molecule has 0 heterocycles. The molecule has 1 rings (SSSR count). The molecule has 0 saturated carbocycles. The number of unbranched alkanes of at least 4 members (excludes halogenated alkanes) is 10. The first kappa shape index (κ1) is 22.1. The lowest BCUT2D eigenvalue weighted by atomic mass is 10.1. The van der Waals surface area contributed by atoms with Gasteiger partial charge in [-0.3, -0.25) is 4.79 Å². The molecule has 0 atom stereocenters. The van der Waals surface area contributed by atoms with E-state index in [0.717, 1.165) is 12.8 Å². The third-order valence-corrected chi connectivity index (χ3v) is 4.51. The minimum absolute atomic E-state index is 0.135. The zero-order valence-electron chi connectivity index (χ0n) is 16.2. The van der Waals surface area contributed by atoms with E-state index in [1.54, 1.807) is 12.1 Å². The molecule has 4 heteroatoms. The van der Waals surface area contributed by atoms with Crippen LogP contribution in [-0.2, 0) is 4.79 Å². The first-order valence-electron chi connectivity index (χ1n) is 10.1. The Balaban J connectivity index is 1.98. The number of rotatable bonds is 14. The molecule has 0 fully saturated rings. The largest absolute Gasteiger partial charge is 0.504 e. The number of benzene rings is 1. The number of nitrogens with one attached hydrogen (secondary N) is 1. The Hall–Kier alpha value is -1.97. The van der Waals surface area contributed by atoms with Crippen LogP contribution in [0.1, 0.15) is 83.1 Å². The third kappa shape index (κ3) is 10.8. The van der Waals surface area contributed by atoms with Crippen molar-refractivity contribution in [2.24, 2.45) is 0 Å². The highest BCUT2D eigenvalue weighted by molar-refractivity contribution is 5.91. The second kappa shape index (κ2) is 14.2. The third-order valence-electron chi connectivity index (χ3n) is 4.51. The Morgan fingerprint density at radius 3 is 2.04 bits per heavy atom. The van der Waals surface area contributed by atoms with Gasteiger partial charge in [-0.2, -0.15) is 0 Å². The minimum Gasteiger partial charge on any atom is -0.504 e. The smallest absolute Gasteiger partial charge is 0.243 e. The van der Waals surface area contributed by atoms with Gasteiger partial charge >= 0.3 is 0 Å². The van der Waals surface area contributed by atoms with Gasteiger partial charge in [0.05, 0.1) is 0 Å². The maximum absolute atomic E-state index is 11.7. The summed E-state index contributed by atoms with van der Waals surface area (Å²) in [7, 11) is 0. The fourth-order valence-corrected chi connectivity index (χ4v) is 2.88. The van der Waals surface area contributed by atoms with Gasteiger partial charge in [0, 0.05) is 12.6 Å². The van der Waals surface area contributed by atoms with Crippen LogP contribution in [0.5, 0.6) is 11.5 Å². The fraction of sp³-hybridized carbons (Fsp3) is 0.591. The van der Waals surface area contributed by atoms with E-state index in [1.165, 1.54) is 76.0 Å². The number of hydrogen-bond acceptors (Lipinski definition) is 3. The summed E-state index contributed by atoms with van der Waals surface area (Å²) in [6, 6.07) is 4.46. The number of phenols is 2. The Morgan fingerprint density at radius 2 is 1.46 bits per heavy atom. The predicted octanol–water partition coefficient (Wildman–Crippen LogP) is 5.54. The lowest BCUT2D eigenvalue weighted by Crippen LogP contribution is -2.21. The Labute approximate surface area is 158 Å². The highest BCUT2D eigenvalue weighted by Gasteiger charge is 1.99.